The lowest BCUT2D eigenvalue weighted by Crippen LogP contribution is -2.48. The van der Waals surface area contributed by atoms with E-state index in [0.29, 0.717) is 23.0 Å². The number of ether oxygens (including phenoxy) is 1. The second-order valence-corrected chi connectivity index (χ2v) is 6.96. The van der Waals surface area contributed by atoms with Gasteiger partial charge in [0.2, 0.25) is 0 Å². The molecule has 0 bridgehead atoms. The van der Waals surface area contributed by atoms with Gasteiger partial charge in [0.15, 0.2) is 5.96 Å². The first-order chi connectivity index (χ1) is 10.5. The number of benzene rings is 1. The number of rotatable bonds is 2. The highest BCUT2D eigenvalue weighted by atomic mass is 79.9. The van der Waals surface area contributed by atoms with Gasteiger partial charge in [-0.15, -0.1) is 0 Å². The molecule has 1 heterocycles. The smallest absolute Gasteiger partial charge is 0.191 e. The average molecular weight is 370 g/mol. The minimum absolute atomic E-state index is 0.202. The summed E-state index contributed by atoms with van der Waals surface area (Å²) in [7, 11) is 0. The summed E-state index contributed by atoms with van der Waals surface area (Å²) >= 11 is 3.24. The van der Waals surface area contributed by atoms with Crippen LogP contribution in [0.15, 0.2) is 27.7 Å². The quantitative estimate of drug-likeness (QED) is 0.644. The van der Waals surface area contributed by atoms with Crippen molar-refractivity contribution in [1.29, 1.82) is 0 Å². The van der Waals surface area contributed by atoms with Crippen LogP contribution in [0.1, 0.15) is 31.2 Å². The van der Waals surface area contributed by atoms with Crippen LogP contribution in [-0.2, 0) is 4.74 Å². The summed E-state index contributed by atoms with van der Waals surface area (Å²) in [4.78, 5) is 6.73. The number of nitrogens with two attached hydrogens (primary N) is 1. The molecule has 2 N–H and O–H groups in total. The van der Waals surface area contributed by atoms with Gasteiger partial charge in [-0.1, -0.05) is 6.07 Å². The van der Waals surface area contributed by atoms with Crippen LogP contribution in [0.3, 0.4) is 0 Å². The maximum atomic E-state index is 13.3. The number of nitrogens with zero attached hydrogens (tertiary/aromatic N) is 2. The van der Waals surface area contributed by atoms with Crippen molar-refractivity contribution in [1.82, 2.24) is 4.90 Å². The monoisotopic (exact) mass is 369 g/mol. The molecule has 1 aliphatic heterocycles. The Kier molecular flexibility index (Phi) is 4.68. The Labute approximate surface area is 138 Å². The first-order valence-corrected chi connectivity index (χ1v) is 8.47. The molecule has 0 spiro atoms. The largest absolute Gasteiger partial charge is 0.375 e. The lowest BCUT2D eigenvalue weighted by molar-refractivity contribution is 0.00512. The fourth-order valence-electron chi connectivity index (χ4n) is 3.03. The van der Waals surface area contributed by atoms with E-state index in [1.807, 2.05) is 19.1 Å². The topological polar surface area (TPSA) is 50.8 Å². The van der Waals surface area contributed by atoms with Crippen LogP contribution >= 0.6 is 15.9 Å². The summed E-state index contributed by atoms with van der Waals surface area (Å²) in [5, 5.41) is 0. The Morgan fingerprint density at radius 1 is 1.45 bits per heavy atom. The third kappa shape index (κ3) is 3.43. The maximum absolute atomic E-state index is 13.3. The summed E-state index contributed by atoms with van der Waals surface area (Å²) in [6.07, 6.45) is 2.14. The van der Waals surface area contributed by atoms with Gasteiger partial charge in [-0.2, -0.15) is 0 Å². The summed E-state index contributed by atoms with van der Waals surface area (Å²) in [5.74, 6) is 0.851. The van der Waals surface area contributed by atoms with E-state index >= 15 is 0 Å². The van der Waals surface area contributed by atoms with E-state index in [2.05, 4.69) is 25.8 Å². The van der Waals surface area contributed by atoms with E-state index in [1.54, 1.807) is 0 Å². The number of halogens is 2. The predicted octanol–water partition coefficient (Wildman–Crippen LogP) is 2.87. The molecule has 0 aromatic heterocycles. The number of hydrogen-bond donors (Lipinski definition) is 1. The van der Waals surface area contributed by atoms with Gasteiger partial charge in [0.25, 0.3) is 0 Å². The molecule has 1 atom stereocenters. The molecule has 120 valence electrons. The van der Waals surface area contributed by atoms with Crippen molar-refractivity contribution in [3.05, 3.63) is 34.1 Å². The zero-order chi connectivity index (χ0) is 15.7. The Balaban J connectivity index is 1.56. The highest BCUT2D eigenvalue weighted by Gasteiger charge is 2.31. The van der Waals surface area contributed by atoms with E-state index < -0.39 is 0 Å². The molecule has 0 amide bonds. The molecule has 2 fully saturated rings. The summed E-state index contributed by atoms with van der Waals surface area (Å²) in [5.41, 5.74) is 7.28. The highest BCUT2D eigenvalue weighted by molar-refractivity contribution is 9.10. The molecular formula is C16H21BrFN3O. The number of guanidine groups is 1. The van der Waals surface area contributed by atoms with E-state index in [0.717, 1.165) is 25.9 Å². The highest BCUT2D eigenvalue weighted by Crippen LogP contribution is 2.39. The number of hydrogen-bond acceptors (Lipinski definition) is 2. The standard InChI is InChI=1S/C16H21BrFN3O/c1-10-9-21(4-5-22-10)16(19)20-13-6-12(7-13)11-2-3-15(18)14(17)8-11/h2-3,8,10,12-13H,4-7,9H2,1H3,(H2,19,20). The van der Waals surface area contributed by atoms with Crippen molar-refractivity contribution < 1.29 is 9.13 Å². The van der Waals surface area contributed by atoms with Crippen LogP contribution in [0.25, 0.3) is 0 Å². The van der Waals surface area contributed by atoms with Gasteiger partial charge in [-0.3, -0.25) is 0 Å². The van der Waals surface area contributed by atoms with Crippen molar-refractivity contribution in [3.8, 4) is 0 Å². The minimum atomic E-state index is -0.219. The minimum Gasteiger partial charge on any atom is -0.375 e. The Bertz CT molecular complexity index is 575. The SMILES string of the molecule is CC1CN(C(N)=NC2CC(c3ccc(F)c(Br)c3)C2)CCO1. The molecule has 6 heteroatoms. The molecule has 4 nitrogen and oxygen atoms in total. The van der Waals surface area contributed by atoms with E-state index in [9.17, 15) is 4.39 Å². The molecule has 1 aromatic rings. The van der Waals surface area contributed by atoms with E-state index in [4.69, 9.17) is 10.5 Å². The van der Waals surface area contributed by atoms with E-state index in [1.165, 1.54) is 11.6 Å². The molecule has 2 aliphatic rings. The first-order valence-electron chi connectivity index (χ1n) is 7.67. The van der Waals surface area contributed by atoms with Crippen molar-refractivity contribution in [2.45, 2.75) is 37.8 Å². The van der Waals surface area contributed by atoms with Gasteiger partial charge < -0.3 is 15.4 Å². The molecular weight excluding hydrogens is 349 g/mol. The average Bonchev–Trinajstić information content (AvgIpc) is 2.45. The van der Waals surface area contributed by atoms with Crippen molar-refractivity contribution in [2.24, 2.45) is 10.7 Å². The Hall–Kier alpha value is -1.14. The zero-order valence-corrected chi connectivity index (χ0v) is 14.2. The molecule has 22 heavy (non-hydrogen) atoms. The Morgan fingerprint density at radius 2 is 2.23 bits per heavy atom. The molecule has 0 radical (unpaired) electrons. The summed E-state index contributed by atoms with van der Waals surface area (Å²) in [6, 6.07) is 5.51. The van der Waals surface area contributed by atoms with Crippen LogP contribution in [0.4, 0.5) is 4.39 Å². The molecule has 1 saturated heterocycles. The van der Waals surface area contributed by atoms with Crippen LogP contribution in [0.2, 0.25) is 0 Å². The van der Waals surface area contributed by atoms with Gasteiger partial charge in [-0.05, 0) is 59.3 Å². The second-order valence-electron chi connectivity index (χ2n) is 6.11. The number of morpholine rings is 1. The molecule has 1 aliphatic carbocycles. The molecule has 1 aromatic carbocycles. The van der Waals surface area contributed by atoms with Gasteiger partial charge in [0.05, 0.1) is 23.2 Å². The summed E-state index contributed by atoms with van der Waals surface area (Å²) < 4.78 is 19.3. The van der Waals surface area contributed by atoms with Gasteiger partial charge in [0.1, 0.15) is 5.82 Å². The predicted molar refractivity (Wildman–Crippen MR) is 88.5 cm³/mol. The molecule has 3 rings (SSSR count). The van der Waals surface area contributed by atoms with Gasteiger partial charge in [0, 0.05) is 13.1 Å². The fourth-order valence-corrected chi connectivity index (χ4v) is 3.42. The van der Waals surface area contributed by atoms with Crippen LogP contribution in [0, 0.1) is 5.82 Å². The van der Waals surface area contributed by atoms with Crippen LogP contribution in [-0.4, -0.2) is 42.7 Å². The van der Waals surface area contributed by atoms with E-state index in [-0.39, 0.29) is 18.0 Å². The van der Waals surface area contributed by atoms with Gasteiger partial charge >= 0.3 is 0 Å². The first kappa shape index (κ1) is 15.7. The van der Waals surface area contributed by atoms with Gasteiger partial charge in [-0.25, -0.2) is 9.38 Å². The third-order valence-corrected chi connectivity index (χ3v) is 5.02. The van der Waals surface area contributed by atoms with Crippen molar-refractivity contribution in [3.63, 3.8) is 0 Å². The molecule has 1 unspecified atom stereocenters. The third-order valence-electron chi connectivity index (χ3n) is 4.41. The summed E-state index contributed by atoms with van der Waals surface area (Å²) in [6.45, 7) is 4.36. The van der Waals surface area contributed by atoms with Crippen LogP contribution < -0.4 is 5.73 Å². The normalized spacial score (nSPS) is 29.3. The van der Waals surface area contributed by atoms with Crippen molar-refractivity contribution >= 4 is 21.9 Å². The molecule has 1 saturated carbocycles. The number of aliphatic imine (C=N–C) groups is 1. The zero-order valence-electron chi connectivity index (χ0n) is 12.6. The van der Waals surface area contributed by atoms with Crippen LogP contribution in [0.5, 0.6) is 0 Å². The lowest BCUT2D eigenvalue weighted by atomic mass is 9.76. The lowest BCUT2D eigenvalue weighted by Gasteiger charge is -2.36. The second kappa shape index (κ2) is 6.54. The Morgan fingerprint density at radius 3 is 2.91 bits per heavy atom. The van der Waals surface area contributed by atoms with Crippen molar-refractivity contribution in [2.75, 3.05) is 19.7 Å². The maximum Gasteiger partial charge on any atom is 0.191 e. The fraction of sp³-hybridized carbons (Fsp3) is 0.562.